The maximum Gasteiger partial charge on any atom is 0.338 e. The van der Waals surface area contributed by atoms with E-state index in [4.69, 9.17) is 9.88 Å². The van der Waals surface area contributed by atoms with Crippen molar-refractivity contribution in [2.75, 3.05) is 25.5 Å². The first kappa shape index (κ1) is 22.8. The Hall–Kier alpha value is -3.51. The van der Waals surface area contributed by atoms with Crippen molar-refractivity contribution in [3.63, 3.8) is 0 Å². The first-order valence-corrected chi connectivity index (χ1v) is 10.2. The van der Waals surface area contributed by atoms with Gasteiger partial charge in [-0.25, -0.2) is 18.4 Å². The molecule has 30 heavy (non-hydrogen) atoms. The summed E-state index contributed by atoms with van der Waals surface area (Å²) < 4.78 is 27.3. The van der Waals surface area contributed by atoms with Crippen LogP contribution in [0.1, 0.15) is 15.9 Å². The molecule has 0 bridgehead atoms. The van der Waals surface area contributed by atoms with Crippen LogP contribution in [0.3, 0.4) is 0 Å². The van der Waals surface area contributed by atoms with Crippen molar-refractivity contribution in [2.45, 2.75) is 11.3 Å². The average molecular weight is 436 g/mol. The van der Waals surface area contributed by atoms with Crippen molar-refractivity contribution in [1.29, 1.82) is 0 Å². The predicted molar refractivity (Wildman–Crippen MR) is 107 cm³/mol. The molecule has 0 saturated carbocycles. The lowest BCUT2D eigenvalue weighted by Gasteiger charge is -2.08. The van der Waals surface area contributed by atoms with Crippen LogP contribution in [0.2, 0.25) is 0 Å². The Kier molecular flexibility index (Phi) is 7.44. The molecule has 2 aromatic rings. The second-order valence-electron chi connectivity index (χ2n) is 6.10. The lowest BCUT2D eigenvalue weighted by molar-refractivity contribution is -0.384. The number of nitro benzene ring substituents is 1. The van der Waals surface area contributed by atoms with Crippen LogP contribution in [0.25, 0.3) is 0 Å². The molecular formula is C18H20N4O7S. The standard InChI is InChI=1S/C18H20N4O7S/c1-20-15-7-4-13(10-16(15)22(25)26)18(24)29-11-17(23)21-9-8-12-2-5-14(6-3-12)30(19,27)28/h2-7,10,20H,8-9,11H2,1H3,(H,21,23)(H2,19,27,28). The number of sulfonamides is 1. The van der Waals surface area contributed by atoms with Crippen molar-refractivity contribution in [3.05, 3.63) is 63.7 Å². The van der Waals surface area contributed by atoms with E-state index < -0.39 is 33.4 Å². The van der Waals surface area contributed by atoms with Crippen molar-refractivity contribution < 1.29 is 27.7 Å². The highest BCUT2D eigenvalue weighted by Crippen LogP contribution is 2.25. The van der Waals surface area contributed by atoms with E-state index in [9.17, 15) is 28.1 Å². The van der Waals surface area contributed by atoms with Gasteiger partial charge in [-0.1, -0.05) is 12.1 Å². The third-order valence-electron chi connectivity index (χ3n) is 4.02. The van der Waals surface area contributed by atoms with Crippen LogP contribution in [-0.2, 0) is 26.0 Å². The zero-order valence-corrected chi connectivity index (χ0v) is 16.8. The molecule has 0 aliphatic heterocycles. The second kappa shape index (κ2) is 9.80. The van der Waals surface area contributed by atoms with Gasteiger partial charge in [-0.2, -0.15) is 0 Å². The molecule has 0 atom stereocenters. The van der Waals surface area contributed by atoms with Crippen LogP contribution in [0.15, 0.2) is 47.4 Å². The fourth-order valence-electron chi connectivity index (χ4n) is 2.48. The molecule has 0 spiro atoms. The zero-order valence-electron chi connectivity index (χ0n) is 16.0. The Labute approximate surface area is 172 Å². The lowest BCUT2D eigenvalue weighted by atomic mass is 10.1. The number of nitro groups is 1. The maximum atomic E-state index is 12.0. The van der Waals surface area contributed by atoms with Crippen LogP contribution in [0, 0.1) is 10.1 Å². The van der Waals surface area contributed by atoms with Gasteiger partial charge in [0, 0.05) is 19.7 Å². The van der Waals surface area contributed by atoms with Crippen molar-refractivity contribution in [1.82, 2.24) is 5.32 Å². The van der Waals surface area contributed by atoms with E-state index in [1.165, 1.54) is 31.3 Å². The number of nitrogens with one attached hydrogen (secondary N) is 2. The highest BCUT2D eigenvalue weighted by Gasteiger charge is 2.18. The summed E-state index contributed by atoms with van der Waals surface area (Å²) in [5.74, 6) is -1.42. The minimum atomic E-state index is -3.76. The number of amides is 1. The number of anilines is 1. The molecule has 0 unspecified atom stereocenters. The van der Waals surface area contributed by atoms with Crippen LogP contribution >= 0.6 is 0 Å². The molecule has 0 fully saturated rings. The molecule has 0 aliphatic carbocycles. The smallest absolute Gasteiger partial charge is 0.338 e. The molecule has 0 aromatic heterocycles. The van der Waals surface area contributed by atoms with Crippen molar-refractivity contribution in [2.24, 2.45) is 5.14 Å². The molecule has 0 aliphatic rings. The van der Waals surface area contributed by atoms with E-state index in [2.05, 4.69) is 10.6 Å². The van der Waals surface area contributed by atoms with E-state index in [0.717, 1.165) is 11.6 Å². The Balaban J connectivity index is 1.82. The monoisotopic (exact) mass is 436 g/mol. The van der Waals surface area contributed by atoms with Crippen molar-refractivity contribution in [3.8, 4) is 0 Å². The minimum Gasteiger partial charge on any atom is -0.452 e. The number of primary sulfonamides is 1. The zero-order chi connectivity index (χ0) is 22.3. The van der Waals surface area contributed by atoms with Gasteiger partial charge in [-0.05, 0) is 36.2 Å². The van der Waals surface area contributed by atoms with E-state index in [0.29, 0.717) is 6.42 Å². The fraction of sp³-hybridized carbons (Fsp3) is 0.222. The molecule has 0 radical (unpaired) electrons. The van der Waals surface area contributed by atoms with Gasteiger partial charge in [0.2, 0.25) is 10.0 Å². The van der Waals surface area contributed by atoms with Crippen LogP contribution in [0.4, 0.5) is 11.4 Å². The summed E-state index contributed by atoms with van der Waals surface area (Å²) in [5.41, 5.74) is 0.677. The summed E-state index contributed by atoms with van der Waals surface area (Å²) in [6, 6.07) is 9.68. The molecule has 0 saturated heterocycles. The number of carbonyl (C=O) groups excluding carboxylic acids is 2. The Morgan fingerprint density at radius 1 is 1.17 bits per heavy atom. The number of esters is 1. The van der Waals surface area contributed by atoms with Gasteiger partial charge in [0.05, 0.1) is 15.4 Å². The molecule has 0 heterocycles. The number of nitrogens with zero attached hydrogens (tertiary/aromatic N) is 1. The molecule has 4 N–H and O–H groups in total. The average Bonchev–Trinajstić information content (AvgIpc) is 2.71. The second-order valence-corrected chi connectivity index (χ2v) is 7.67. The quantitative estimate of drug-likeness (QED) is 0.294. The molecular weight excluding hydrogens is 416 g/mol. The molecule has 1 amide bonds. The highest BCUT2D eigenvalue weighted by atomic mass is 32.2. The van der Waals surface area contributed by atoms with Crippen LogP contribution in [-0.4, -0.2) is 45.4 Å². The predicted octanol–water partition coefficient (Wildman–Crippen LogP) is 0.800. The minimum absolute atomic E-state index is 0.00909. The number of hydrogen-bond acceptors (Lipinski definition) is 8. The SMILES string of the molecule is CNc1ccc(C(=O)OCC(=O)NCCc2ccc(S(N)(=O)=O)cc2)cc1[N+](=O)[O-]. The van der Waals surface area contributed by atoms with Gasteiger partial charge in [-0.3, -0.25) is 14.9 Å². The normalized spacial score (nSPS) is 10.9. The third kappa shape index (κ3) is 6.25. The Bertz CT molecular complexity index is 1050. The first-order valence-electron chi connectivity index (χ1n) is 8.63. The van der Waals surface area contributed by atoms with Crippen LogP contribution < -0.4 is 15.8 Å². The van der Waals surface area contributed by atoms with Gasteiger partial charge < -0.3 is 15.4 Å². The lowest BCUT2D eigenvalue weighted by Crippen LogP contribution is -2.30. The number of hydrogen-bond donors (Lipinski definition) is 3. The van der Waals surface area contributed by atoms with Gasteiger partial charge in [0.15, 0.2) is 6.61 Å². The number of carbonyl (C=O) groups is 2. The fourth-order valence-corrected chi connectivity index (χ4v) is 2.99. The maximum absolute atomic E-state index is 12.0. The molecule has 12 heteroatoms. The highest BCUT2D eigenvalue weighted by molar-refractivity contribution is 7.89. The van der Waals surface area contributed by atoms with Crippen LogP contribution in [0.5, 0.6) is 0 Å². The number of benzene rings is 2. The number of ether oxygens (including phenoxy) is 1. The molecule has 2 aromatic carbocycles. The molecule has 160 valence electrons. The number of nitrogens with two attached hydrogens (primary N) is 1. The largest absolute Gasteiger partial charge is 0.452 e. The Morgan fingerprint density at radius 2 is 1.83 bits per heavy atom. The first-order chi connectivity index (χ1) is 14.1. The van der Waals surface area contributed by atoms with Gasteiger partial charge >= 0.3 is 5.97 Å². The van der Waals surface area contributed by atoms with E-state index in [-0.39, 0.29) is 28.4 Å². The topological polar surface area (TPSA) is 171 Å². The Morgan fingerprint density at radius 3 is 2.40 bits per heavy atom. The summed E-state index contributed by atoms with van der Waals surface area (Å²) >= 11 is 0. The van der Waals surface area contributed by atoms with Gasteiger partial charge in [0.1, 0.15) is 5.69 Å². The summed E-state index contributed by atoms with van der Waals surface area (Å²) in [7, 11) is -2.25. The number of rotatable bonds is 9. The van der Waals surface area contributed by atoms with Gasteiger partial charge in [-0.15, -0.1) is 0 Å². The summed E-state index contributed by atoms with van der Waals surface area (Å²) in [6.07, 6.45) is 0.419. The van der Waals surface area contributed by atoms with Crippen molar-refractivity contribution >= 4 is 33.3 Å². The van der Waals surface area contributed by atoms with E-state index in [1.54, 1.807) is 12.1 Å². The van der Waals surface area contributed by atoms with E-state index in [1.807, 2.05) is 0 Å². The third-order valence-corrected chi connectivity index (χ3v) is 4.95. The van der Waals surface area contributed by atoms with Gasteiger partial charge in [0.25, 0.3) is 11.6 Å². The summed E-state index contributed by atoms with van der Waals surface area (Å²) in [5, 5.41) is 21.3. The molecule has 11 nitrogen and oxygen atoms in total. The summed E-state index contributed by atoms with van der Waals surface area (Å²) in [6.45, 7) is -0.321. The van der Waals surface area contributed by atoms with E-state index >= 15 is 0 Å². The molecule has 2 rings (SSSR count). The summed E-state index contributed by atoms with van der Waals surface area (Å²) in [4.78, 5) is 34.2.